The van der Waals surface area contributed by atoms with Crippen molar-refractivity contribution in [2.75, 3.05) is 6.61 Å². The first-order chi connectivity index (χ1) is 12.3. The molecule has 0 heterocycles. The zero-order valence-corrected chi connectivity index (χ0v) is 14.6. The maximum Gasteiger partial charge on any atom is 0.407 e. The highest BCUT2D eigenvalue weighted by molar-refractivity contribution is 5.71. The van der Waals surface area contributed by atoms with E-state index in [0.29, 0.717) is 11.9 Å². The lowest BCUT2D eigenvalue weighted by atomic mass is 9.84. The van der Waals surface area contributed by atoms with Crippen molar-refractivity contribution in [3.8, 4) is 0 Å². The molecule has 1 amide bonds. The Morgan fingerprint density at radius 2 is 1.62 bits per heavy atom. The lowest BCUT2D eigenvalue weighted by Crippen LogP contribution is -2.49. The first-order valence-corrected chi connectivity index (χ1v) is 8.04. The molecule has 0 aromatic carbocycles. The number of carboxylic acid groups (broad SMARTS) is 2. The van der Waals surface area contributed by atoms with Gasteiger partial charge in [-0.1, -0.05) is 31.4 Å². The molecule has 0 saturated carbocycles. The molecule has 0 aliphatic rings. The van der Waals surface area contributed by atoms with Gasteiger partial charge in [-0.25, -0.2) is 4.79 Å². The smallest absolute Gasteiger partial charge is 0.407 e. The summed E-state index contributed by atoms with van der Waals surface area (Å²) in [7, 11) is 0. The Morgan fingerprint density at radius 1 is 1.04 bits per heavy atom. The van der Waals surface area contributed by atoms with Crippen molar-refractivity contribution in [2.45, 2.75) is 44.1 Å². The average molecular weight is 367 g/mol. The second kappa shape index (κ2) is 12.5. The summed E-state index contributed by atoms with van der Waals surface area (Å²) >= 11 is 0. The normalized spacial score (nSPS) is 11.3. The van der Waals surface area contributed by atoms with E-state index in [1.54, 1.807) is 6.08 Å². The van der Waals surface area contributed by atoms with Crippen LogP contribution in [0.4, 0.5) is 4.79 Å². The van der Waals surface area contributed by atoms with Gasteiger partial charge in [0.2, 0.25) is 0 Å². The van der Waals surface area contributed by atoms with Gasteiger partial charge in [-0.2, -0.15) is 0 Å². The van der Waals surface area contributed by atoms with Gasteiger partial charge >= 0.3 is 18.0 Å². The summed E-state index contributed by atoms with van der Waals surface area (Å²) in [4.78, 5) is 44.7. The number of aldehydes is 1. The molecule has 144 valence electrons. The molecule has 0 aliphatic heterocycles. The van der Waals surface area contributed by atoms with Crippen molar-refractivity contribution < 1.29 is 34.1 Å². The second-order valence-corrected chi connectivity index (χ2v) is 5.66. The van der Waals surface area contributed by atoms with E-state index in [-0.39, 0.29) is 45.1 Å². The minimum Gasteiger partial charge on any atom is -0.481 e. The summed E-state index contributed by atoms with van der Waals surface area (Å²) in [6.07, 6.45) is 3.96. The van der Waals surface area contributed by atoms with Crippen molar-refractivity contribution in [1.29, 1.82) is 0 Å². The van der Waals surface area contributed by atoms with E-state index in [1.165, 1.54) is 12.2 Å². The molecule has 0 aromatic heterocycles. The third-order valence-corrected chi connectivity index (χ3v) is 3.71. The molecule has 0 unspecified atom stereocenters. The fourth-order valence-electron chi connectivity index (χ4n) is 2.32. The van der Waals surface area contributed by atoms with Crippen LogP contribution in [-0.2, 0) is 19.1 Å². The number of nitrogens with one attached hydrogen (secondary N) is 1. The highest BCUT2D eigenvalue weighted by atomic mass is 16.5. The number of rotatable bonds is 14. The van der Waals surface area contributed by atoms with Gasteiger partial charge in [-0.05, 0) is 24.8 Å². The van der Waals surface area contributed by atoms with Crippen LogP contribution >= 0.6 is 0 Å². The topological polar surface area (TPSA) is 130 Å². The first kappa shape index (κ1) is 23.1. The van der Waals surface area contributed by atoms with E-state index in [0.717, 1.165) is 0 Å². The third kappa shape index (κ3) is 10.1. The zero-order valence-electron chi connectivity index (χ0n) is 14.6. The fourth-order valence-corrected chi connectivity index (χ4v) is 2.32. The van der Waals surface area contributed by atoms with Crippen molar-refractivity contribution >= 4 is 24.3 Å². The Bertz CT molecular complexity index is 548. The molecule has 26 heavy (non-hydrogen) atoms. The molecule has 0 rings (SSSR count). The summed E-state index contributed by atoms with van der Waals surface area (Å²) in [5, 5.41) is 20.4. The molecule has 3 N–H and O–H groups in total. The number of amides is 1. The highest BCUT2D eigenvalue weighted by Gasteiger charge is 2.33. The van der Waals surface area contributed by atoms with E-state index in [4.69, 9.17) is 14.9 Å². The van der Waals surface area contributed by atoms with Gasteiger partial charge in [0.1, 0.15) is 12.9 Å². The summed E-state index contributed by atoms with van der Waals surface area (Å²) in [6.45, 7) is 7.02. The van der Waals surface area contributed by atoms with Crippen molar-refractivity contribution in [3.63, 3.8) is 0 Å². The first-order valence-electron chi connectivity index (χ1n) is 8.04. The Morgan fingerprint density at radius 3 is 2.04 bits per heavy atom. The molecule has 0 bridgehead atoms. The number of aliphatic carboxylic acids is 2. The van der Waals surface area contributed by atoms with Crippen LogP contribution in [0.3, 0.4) is 0 Å². The molecule has 0 aromatic rings. The summed E-state index contributed by atoms with van der Waals surface area (Å²) in [5.74, 6) is -2.18. The van der Waals surface area contributed by atoms with Crippen LogP contribution in [0.1, 0.15) is 38.5 Å². The van der Waals surface area contributed by atoms with E-state index >= 15 is 0 Å². The van der Waals surface area contributed by atoms with Crippen molar-refractivity contribution in [2.24, 2.45) is 0 Å². The van der Waals surface area contributed by atoms with E-state index in [9.17, 15) is 19.2 Å². The summed E-state index contributed by atoms with van der Waals surface area (Å²) in [6, 6.07) is 0. The Kier molecular flexibility index (Phi) is 11.1. The quantitative estimate of drug-likeness (QED) is 0.317. The van der Waals surface area contributed by atoms with Crippen LogP contribution in [0.2, 0.25) is 0 Å². The molecule has 8 heteroatoms. The number of carboxylic acids is 2. The van der Waals surface area contributed by atoms with E-state index in [1.807, 2.05) is 0 Å². The van der Waals surface area contributed by atoms with Crippen molar-refractivity contribution in [1.82, 2.24) is 5.32 Å². The maximum atomic E-state index is 12.1. The molecule has 0 saturated heterocycles. The predicted octanol–water partition coefficient (Wildman–Crippen LogP) is 2.46. The van der Waals surface area contributed by atoms with Gasteiger partial charge in [0.25, 0.3) is 0 Å². The van der Waals surface area contributed by atoms with Crippen LogP contribution in [0.15, 0.2) is 37.0 Å². The molecule has 0 aliphatic carbocycles. The van der Waals surface area contributed by atoms with Gasteiger partial charge in [-0.15, -0.1) is 0 Å². The predicted molar refractivity (Wildman–Crippen MR) is 94.7 cm³/mol. The second-order valence-electron chi connectivity index (χ2n) is 5.66. The summed E-state index contributed by atoms with van der Waals surface area (Å²) < 4.78 is 5.08. The molecular weight excluding hydrogens is 342 g/mol. The fraction of sp³-hybridized carbons (Fsp3) is 0.444. The number of ether oxygens (including phenoxy) is 1. The van der Waals surface area contributed by atoms with Crippen LogP contribution in [0.5, 0.6) is 0 Å². The number of carbonyl (C=O) groups is 4. The van der Waals surface area contributed by atoms with E-state index < -0.39 is 23.6 Å². The summed E-state index contributed by atoms with van der Waals surface area (Å²) in [5.41, 5.74) is -0.560. The number of carbonyl (C=O) groups excluding carboxylic acids is 2. The molecule has 0 atom stereocenters. The number of allylic oxidation sites excluding steroid dienone is 2. The Hall–Kier alpha value is -2.90. The van der Waals surface area contributed by atoms with Gasteiger partial charge in [0.15, 0.2) is 0 Å². The number of alkyl carbamates (subject to hydrolysis) is 1. The highest BCUT2D eigenvalue weighted by Crippen LogP contribution is 2.26. The van der Waals surface area contributed by atoms with Gasteiger partial charge in [-0.3, -0.25) is 9.59 Å². The Labute approximate surface area is 152 Å². The third-order valence-electron chi connectivity index (χ3n) is 3.71. The monoisotopic (exact) mass is 367 g/mol. The molecule has 0 spiro atoms. The molecule has 0 radical (unpaired) electrons. The SMILES string of the molecule is C=C/C=C(\C=C)COC(=O)NC(CCC=O)(CCC(=O)O)CCC(=O)O. The van der Waals surface area contributed by atoms with Gasteiger partial charge < -0.3 is 25.1 Å². The average Bonchev–Trinajstić information content (AvgIpc) is 2.59. The van der Waals surface area contributed by atoms with Crippen LogP contribution in [-0.4, -0.2) is 46.7 Å². The van der Waals surface area contributed by atoms with Gasteiger partial charge in [0.05, 0.1) is 0 Å². The minimum absolute atomic E-state index is 0.0185. The largest absolute Gasteiger partial charge is 0.481 e. The lowest BCUT2D eigenvalue weighted by Gasteiger charge is -2.33. The number of hydrogen-bond donors (Lipinski definition) is 3. The number of hydrogen-bond acceptors (Lipinski definition) is 5. The lowest BCUT2D eigenvalue weighted by molar-refractivity contribution is -0.137. The van der Waals surface area contributed by atoms with Crippen LogP contribution in [0.25, 0.3) is 0 Å². The zero-order chi connectivity index (χ0) is 20.0. The molecular formula is C18H25NO7. The Balaban J connectivity index is 5.20. The van der Waals surface area contributed by atoms with Crippen molar-refractivity contribution in [3.05, 3.63) is 37.0 Å². The van der Waals surface area contributed by atoms with Gasteiger partial charge in [0, 0.05) is 24.8 Å². The van der Waals surface area contributed by atoms with E-state index in [2.05, 4.69) is 18.5 Å². The molecule has 8 nitrogen and oxygen atoms in total. The maximum absolute atomic E-state index is 12.1. The standard InChI is InChI=1S/C18H25NO7/c1-3-6-14(4-2)13-26-17(25)19-18(9-5-12-20,10-7-15(21)22)11-8-16(23)24/h3-4,6,12H,1-2,5,7-11,13H2,(H,19,25)(H,21,22)(H,23,24)/b14-6+. The molecule has 0 fully saturated rings. The minimum atomic E-state index is -1.16. The van der Waals surface area contributed by atoms with Crippen LogP contribution < -0.4 is 5.32 Å². The van der Waals surface area contributed by atoms with Crippen LogP contribution in [0, 0.1) is 0 Å².